The molecule has 0 fully saturated rings. The normalized spacial score (nSPS) is 12.5. The van der Waals surface area contributed by atoms with Gasteiger partial charge in [0.25, 0.3) is 0 Å². The molecular weight excluding hydrogens is 222 g/mol. The van der Waals surface area contributed by atoms with Crippen molar-refractivity contribution in [1.29, 1.82) is 0 Å². The number of aliphatic carboxylic acids is 1. The molecule has 1 heterocycles. The largest absolute Gasteiger partial charge is 0.481 e. The molecular formula is C12H16NO4+. The van der Waals surface area contributed by atoms with Crippen LogP contribution in [-0.2, 0) is 27.2 Å². The van der Waals surface area contributed by atoms with E-state index in [1.54, 1.807) is 25.1 Å². The molecule has 0 aliphatic carbocycles. The number of carboxylic acids is 1. The summed E-state index contributed by atoms with van der Waals surface area (Å²) in [6.07, 6.45) is 1.39. The SMILES string of the molecule is [2H]C([2H])(C(=O)OCC)[n+]1ccccc1CCC(=O)O. The molecule has 0 radical (unpaired) electrons. The minimum absolute atomic E-state index is 0.0796. The zero-order valence-electron chi connectivity index (χ0n) is 11.5. The van der Waals surface area contributed by atoms with Crippen LogP contribution in [0.2, 0.25) is 0 Å². The molecule has 0 aliphatic rings. The van der Waals surface area contributed by atoms with E-state index in [1.165, 1.54) is 6.20 Å². The lowest BCUT2D eigenvalue weighted by molar-refractivity contribution is -0.693. The van der Waals surface area contributed by atoms with Gasteiger partial charge in [0.05, 0.1) is 13.0 Å². The van der Waals surface area contributed by atoms with Crippen molar-refractivity contribution in [3.05, 3.63) is 30.1 Å². The van der Waals surface area contributed by atoms with Crippen LogP contribution in [0.3, 0.4) is 0 Å². The number of hydrogen-bond donors (Lipinski definition) is 1. The van der Waals surface area contributed by atoms with Gasteiger partial charge in [0, 0.05) is 18.6 Å². The number of aromatic nitrogens is 1. The number of carbonyl (C=O) groups is 2. The summed E-state index contributed by atoms with van der Waals surface area (Å²) in [5.74, 6) is -1.98. The van der Waals surface area contributed by atoms with E-state index in [0.717, 1.165) is 4.57 Å². The lowest BCUT2D eigenvalue weighted by Gasteiger charge is -2.02. The molecule has 1 aromatic rings. The van der Waals surface area contributed by atoms with Crippen molar-refractivity contribution < 1.29 is 26.7 Å². The van der Waals surface area contributed by atoms with Gasteiger partial charge in [-0.3, -0.25) is 4.79 Å². The van der Waals surface area contributed by atoms with E-state index in [-0.39, 0.29) is 19.4 Å². The highest BCUT2D eigenvalue weighted by atomic mass is 16.5. The number of pyridine rings is 1. The molecule has 1 N–H and O–H groups in total. The summed E-state index contributed by atoms with van der Waals surface area (Å²) in [6.45, 7) is -0.684. The van der Waals surface area contributed by atoms with Gasteiger partial charge in [-0.1, -0.05) is 6.07 Å². The number of aryl methyl sites for hydroxylation is 1. The highest BCUT2D eigenvalue weighted by Crippen LogP contribution is 1.97. The molecule has 92 valence electrons. The van der Waals surface area contributed by atoms with E-state index in [1.807, 2.05) is 0 Å². The second-order valence-electron chi connectivity index (χ2n) is 3.29. The van der Waals surface area contributed by atoms with E-state index >= 15 is 0 Å². The van der Waals surface area contributed by atoms with Crippen LogP contribution in [-0.4, -0.2) is 23.7 Å². The summed E-state index contributed by atoms with van der Waals surface area (Å²) in [4.78, 5) is 22.2. The smallest absolute Gasteiger partial charge is 0.372 e. The Labute approximate surface area is 102 Å². The van der Waals surface area contributed by atoms with Crippen molar-refractivity contribution in [1.82, 2.24) is 0 Å². The van der Waals surface area contributed by atoms with E-state index in [9.17, 15) is 9.59 Å². The van der Waals surface area contributed by atoms with Crippen LogP contribution in [0.5, 0.6) is 0 Å². The molecule has 0 bridgehead atoms. The summed E-state index contributed by atoms with van der Waals surface area (Å²) in [6, 6.07) is 4.82. The fourth-order valence-electron chi connectivity index (χ4n) is 1.29. The molecule has 5 heteroatoms. The molecule has 0 aliphatic heterocycles. The molecule has 0 unspecified atom stereocenters. The maximum atomic E-state index is 11.6. The first-order valence-electron chi connectivity index (χ1n) is 6.28. The van der Waals surface area contributed by atoms with Crippen LogP contribution in [0.15, 0.2) is 24.4 Å². The highest BCUT2D eigenvalue weighted by molar-refractivity contribution is 5.67. The number of nitrogens with zero attached hydrogens (tertiary/aromatic N) is 1. The predicted molar refractivity (Wildman–Crippen MR) is 59.2 cm³/mol. The first kappa shape index (κ1) is 10.3. The van der Waals surface area contributed by atoms with Gasteiger partial charge < -0.3 is 9.84 Å². The van der Waals surface area contributed by atoms with Crippen LogP contribution in [0.25, 0.3) is 0 Å². The molecule has 0 aromatic carbocycles. The van der Waals surface area contributed by atoms with Crippen molar-refractivity contribution in [2.75, 3.05) is 6.61 Å². The Hall–Kier alpha value is -1.91. The summed E-state index contributed by atoms with van der Waals surface area (Å²) in [7, 11) is 0. The zero-order valence-corrected chi connectivity index (χ0v) is 9.55. The quantitative estimate of drug-likeness (QED) is 0.582. The average molecular weight is 240 g/mol. The van der Waals surface area contributed by atoms with Gasteiger partial charge in [-0.05, 0) is 6.92 Å². The van der Waals surface area contributed by atoms with Crippen LogP contribution < -0.4 is 4.57 Å². The van der Waals surface area contributed by atoms with Crippen LogP contribution in [0.4, 0.5) is 0 Å². The summed E-state index contributed by atoms with van der Waals surface area (Å²) < 4.78 is 21.4. The Bertz CT molecular complexity index is 477. The van der Waals surface area contributed by atoms with Gasteiger partial charge in [0.15, 0.2) is 11.9 Å². The minimum atomic E-state index is -2.36. The van der Waals surface area contributed by atoms with Gasteiger partial charge >= 0.3 is 11.9 Å². The lowest BCUT2D eigenvalue weighted by atomic mass is 10.2. The Morgan fingerprint density at radius 2 is 2.29 bits per heavy atom. The van der Waals surface area contributed by atoms with E-state index in [0.29, 0.717) is 5.69 Å². The molecule has 5 nitrogen and oxygen atoms in total. The second kappa shape index (κ2) is 6.62. The molecule has 0 amide bonds. The molecule has 1 rings (SSSR count). The van der Waals surface area contributed by atoms with Crippen molar-refractivity contribution in [3.8, 4) is 0 Å². The third kappa shape index (κ3) is 4.63. The van der Waals surface area contributed by atoms with E-state index in [2.05, 4.69) is 0 Å². The minimum Gasteiger partial charge on any atom is -0.481 e. The maximum absolute atomic E-state index is 11.6. The number of carboxylic acid groups (broad SMARTS) is 1. The maximum Gasteiger partial charge on any atom is 0.372 e. The van der Waals surface area contributed by atoms with Crippen molar-refractivity contribution >= 4 is 11.9 Å². The number of hydrogen-bond acceptors (Lipinski definition) is 3. The Kier molecular flexibility index (Phi) is 4.00. The highest BCUT2D eigenvalue weighted by Gasteiger charge is 2.15. The van der Waals surface area contributed by atoms with Gasteiger partial charge in [-0.2, -0.15) is 4.57 Å². The van der Waals surface area contributed by atoms with Crippen LogP contribution in [0.1, 0.15) is 21.8 Å². The van der Waals surface area contributed by atoms with Gasteiger partial charge in [-0.15, -0.1) is 0 Å². The molecule has 0 saturated carbocycles. The number of ether oxygens (including phenoxy) is 1. The van der Waals surface area contributed by atoms with Crippen molar-refractivity contribution in [2.45, 2.75) is 26.3 Å². The van der Waals surface area contributed by atoms with Crippen molar-refractivity contribution in [3.63, 3.8) is 0 Å². The zero-order chi connectivity index (χ0) is 14.5. The molecule has 0 saturated heterocycles. The van der Waals surface area contributed by atoms with E-state index < -0.39 is 18.4 Å². The summed E-state index contributed by atoms with van der Waals surface area (Å²) in [5, 5.41) is 8.67. The topological polar surface area (TPSA) is 67.5 Å². The number of carbonyl (C=O) groups excluding carboxylic acids is 1. The fraction of sp³-hybridized carbons (Fsp3) is 0.417. The van der Waals surface area contributed by atoms with Crippen molar-refractivity contribution in [2.24, 2.45) is 0 Å². The molecule has 1 aromatic heterocycles. The first-order valence-corrected chi connectivity index (χ1v) is 5.28. The number of rotatable bonds is 6. The third-order valence-corrected chi connectivity index (χ3v) is 2.03. The Morgan fingerprint density at radius 1 is 1.53 bits per heavy atom. The summed E-state index contributed by atoms with van der Waals surface area (Å²) in [5.41, 5.74) is 0.419. The number of esters is 1. The molecule has 17 heavy (non-hydrogen) atoms. The van der Waals surface area contributed by atoms with Gasteiger partial charge in [-0.25, -0.2) is 4.79 Å². The Morgan fingerprint density at radius 3 is 2.94 bits per heavy atom. The third-order valence-electron chi connectivity index (χ3n) is 2.03. The van der Waals surface area contributed by atoms with Gasteiger partial charge in [0.2, 0.25) is 6.50 Å². The monoisotopic (exact) mass is 240 g/mol. The molecule has 0 atom stereocenters. The second-order valence-corrected chi connectivity index (χ2v) is 3.29. The fourth-order valence-corrected chi connectivity index (χ4v) is 1.29. The molecule has 0 spiro atoms. The average Bonchev–Trinajstić information content (AvgIpc) is 2.37. The lowest BCUT2D eigenvalue weighted by Crippen LogP contribution is -2.42. The predicted octanol–water partition coefficient (Wildman–Crippen LogP) is 0.554. The first-order chi connectivity index (χ1) is 8.89. The van der Waals surface area contributed by atoms with Crippen LogP contribution in [0, 0.1) is 0 Å². The van der Waals surface area contributed by atoms with Gasteiger partial charge in [0.1, 0.15) is 2.74 Å². The van der Waals surface area contributed by atoms with E-state index in [4.69, 9.17) is 12.6 Å². The Balaban J connectivity index is 3.04. The standard InChI is InChI=1S/C12H15NO4/c1-2-17-12(16)9-13-8-4-3-5-10(13)6-7-11(14)15/h3-5,8H,2,6-7,9H2,1H3/p+1/i9D2. The summed E-state index contributed by atoms with van der Waals surface area (Å²) >= 11 is 0. The van der Waals surface area contributed by atoms with Crippen LogP contribution >= 0.6 is 0 Å².